The van der Waals surface area contributed by atoms with Gasteiger partial charge in [0.15, 0.2) is 5.03 Å². The van der Waals surface area contributed by atoms with Crippen molar-refractivity contribution in [3.63, 3.8) is 0 Å². The number of hydrogen-bond acceptors (Lipinski definition) is 7. The summed E-state index contributed by atoms with van der Waals surface area (Å²) in [5.41, 5.74) is -0.692. The standard InChI is InChI=1S/C25H26F3N5O3S/c1-16-13-15-33(24(16,2)3)22-19(6-5-14-29-22)23(34)32-37(35,36)21-8-4-7-20(31-21)30-18-11-9-17(10-12-18)25(26,27)28/h4-12,14,16H,13,15H2,1-3H3,(H,30,31)(H,32,34). The largest absolute Gasteiger partial charge is 0.416 e. The normalized spacial score (nSPS) is 17.5. The van der Waals surface area contributed by atoms with Gasteiger partial charge in [-0.2, -0.15) is 21.6 Å². The van der Waals surface area contributed by atoms with Crippen LogP contribution in [0.15, 0.2) is 65.8 Å². The van der Waals surface area contributed by atoms with Crippen molar-refractivity contribution in [2.75, 3.05) is 16.8 Å². The number of anilines is 3. The molecule has 196 valence electrons. The smallest absolute Gasteiger partial charge is 0.351 e. The van der Waals surface area contributed by atoms with Gasteiger partial charge in [0.1, 0.15) is 11.6 Å². The molecular formula is C25H26F3N5O3S. The van der Waals surface area contributed by atoms with Crippen LogP contribution < -0.4 is 14.9 Å². The van der Waals surface area contributed by atoms with Crippen molar-refractivity contribution in [1.82, 2.24) is 14.7 Å². The Hall–Kier alpha value is -3.67. The van der Waals surface area contributed by atoms with Crippen molar-refractivity contribution in [1.29, 1.82) is 0 Å². The lowest BCUT2D eigenvalue weighted by Gasteiger charge is -2.36. The number of hydrogen-bond donors (Lipinski definition) is 2. The van der Waals surface area contributed by atoms with E-state index in [0.29, 0.717) is 18.3 Å². The second-order valence-corrected chi connectivity index (χ2v) is 11.0. The third kappa shape index (κ3) is 5.53. The van der Waals surface area contributed by atoms with E-state index >= 15 is 0 Å². The SMILES string of the molecule is CC1CCN(c2ncccc2C(=O)NS(=O)(=O)c2cccc(Nc3ccc(C(F)(F)F)cc3)n2)C1(C)C. The van der Waals surface area contributed by atoms with Crippen LogP contribution in [0.5, 0.6) is 0 Å². The highest BCUT2D eigenvalue weighted by Gasteiger charge is 2.40. The van der Waals surface area contributed by atoms with Crippen molar-refractivity contribution in [2.45, 2.75) is 43.9 Å². The summed E-state index contributed by atoms with van der Waals surface area (Å²) >= 11 is 0. The minimum atomic E-state index is -4.47. The van der Waals surface area contributed by atoms with Crippen molar-refractivity contribution in [3.8, 4) is 0 Å². The third-order valence-corrected chi connectivity index (χ3v) is 7.92. The summed E-state index contributed by atoms with van der Waals surface area (Å²) in [7, 11) is -4.37. The highest BCUT2D eigenvalue weighted by Crippen LogP contribution is 2.38. The highest BCUT2D eigenvalue weighted by molar-refractivity contribution is 7.90. The maximum atomic E-state index is 13.1. The summed E-state index contributed by atoms with van der Waals surface area (Å²) in [5.74, 6) is -0.0280. The lowest BCUT2D eigenvalue weighted by molar-refractivity contribution is -0.137. The number of carbonyl (C=O) groups excluding carboxylic acids is 1. The molecule has 2 aromatic heterocycles. The number of aromatic nitrogens is 2. The number of halogens is 3. The van der Waals surface area contributed by atoms with Gasteiger partial charge in [0.2, 0.25) is 0 Å². The van der Waals surface area contributed by atoms with Crippen LogP contribution in [0.4, 0.5) is 30.5 Å². The van der Waals surface area contributed by atoms with Crippen molar-refractivity contribution in [3.05, 3.63) is 71.9 Å². The van der Waals surface area contributed by atoms with Gasteiger partial charge in [-0.15, -0.1) is 0 Å². The third-order valence-electron chi connectivity index (χ3n) is 6.68. The first-order valence-electron chi connectivity index (χ1n) is 11.5. The molecule has 1 aliphatic heterocycles. The molecule has 12 heteroatoms. The number of benzene rings is 1. The van der Waals surface area contributed by atoms with E-state index in [4.69, 9.17) is 0 Å². The molecular weight excluding hydrogens is 507 g/mol. The zero-order valence-electron chi connectivity index (χ0n) is 20.4. The summed E-state index contributed by atoms with van der Waals surface area (Å²) in [6.45, 7) is 6.90. The molecule has 1 fully saturated rings. The molecule has 1 unspecified atom stereocenters. The first kappa shape index (κ1) is 26.4. The molecule has 0 spiro atoms. The molecule has 1 aliphatic rings. The van der Waals surface area contributed by atoms with E-state index in [1.165, 1.54) is 36.4 Å². The minimum absolute atomic E-state index is 0.0740. The number of carbonyl (C=O) groups is 1. The van der Waals surface area contributed by atoms with E-state index in [9.17, 15) is 26.4 Å². The predicted molar refractivity (Wildman–Crippen MR) is 133 cm³/mol. The Balaban J connectivity index is 1.54. The average molecular weight is 534 g/mol. The molecule has 3 heterocycles. The lowest BCUT2D eigenvalue weighted by atomic mass is 9.90. The first-order valence-corrected chi connectivity index (χ1v) is 13.0. The summed E-state index contributed by atoms with van der Waals surface area (Å²) in [6, 6.07) is 11.4. The van der Waals surface area contributed by atoms with E-state index in [1.807, 2.05) is 4.90 Å². The van der Waals surface area contributed by atoms with Gasteiger partial charge in [0.25, 0.3) is 15.9 Å². The van der Waals surface area contributed by atoms with Gasteiger partial charge in [-0.3, -0.25) is 4.79 Å². The van der Waals surface area contributed by atoms with Crippen molar-refractivity contribution in [2.24, 2.45) is 5.92 Å². The second kappa shape index (κ2) is 9.66. The number of nitrogens with one attached hydrogen (secondary N) is 2. The van der Waals surface area contributed by atoms with Gasteiger partial charge in [0, 0.05) is 24.0 Å². The Bertz CT molecular complexity index is 1410. The van der Waals surface area contributed by atoms with Gasteiger partial charge in [-0.1, -0.05) is 13.0 Å². The Morgan fingerprint density at radius 3 is 2.41 bits per heavy atom. The average Bonchev–Trinajstić information content (AvgIpc) is 3.10. The molecule has 1 aromatic carbocycles. The number of rotatable bonds is 6. The van der Waals surface area contributed by atoms with E-state index in [-0.39, 0.29) is 22.6 Å². The molecule has 2 N–H and O–H groups in total. The van der Waals surface area contributed by atoms with Crippen LogP contribution in [0.25, 0.3) is 0 Å². The van der Waals surface area contributed by atoms with Gasteiger partial charge in [-0.05, 0) is 74.7 Å². The summed E-state index contributed by atoms with van der Waals surface area (Å²) in [5, 5.41) is 2.34. The number of amides is 1. The Labute approximate surface area is 213 Å². The predicted octanol–water partition coefficient (Wildman–Crippen LogP) is 4.98. The zero-order chi connectivity index (χ0) is 27.0. The zero-order valence-corrected chi connectivity index (χ0v) is 21.2. The van der Waals surface area contributed by atoms with Gasteiger partial charge in [-0.25, -0.2) is 14.7 Å². The monoisotopic (exact) mass is 533 g/mol. The van der Waals surface area contributed by atoms with Crippen LogP contribution >= 0.6 is 0 Å². The molecule has 0 saturated carbocycles. The summed E-state index contributed by atoms with van der Waals surface area (Å²) in [6.07, 6.45) is -2.01. The van der Waals surface area contributed by atoms with E-state index < -0.39 is 32.7 Å². The fourth-order valence-electron chi connectivity index (χ4n) is 4.15. The van der Waals surface area contributed by atoms with Gasteiger partial charge in [0.05, 0.1) is 11.1 Å². The molecule has 4 rings (SSSR count). The van der Waals surface area contributed by atoms with Crippen LogP contribution in [0.2, 0.25) is 0 Å². The number of alkyl halides is 3. The summed E-state index contributed by atoms with van der Waals surface area (Å²) in [4.78, 5) is 23.5. The Kier molecular flexibility index (Phi) is 6.89. The quantitative estimate of drug-likeness (QED) is 0.460. The van der Waals surface area contributed by atoms with E-state index in [0.717, 1.165) is 18.6 Å². The van der Waals surface area contributed by atoms with Crippen molar-refractivity contribution >= 4 is 33.3 Å². The van der Waals surface area contributed by atoms with E-state index in [1.54, 1.807) is 12.3 Å². The first-order chi connectivity index (χ1) is 17.3. The molecule has 0 aliphatic carbocycles. The van der Waals surface area contributed by atoms with Crippen LogP contribution in [-0.2, 0) is 16.2 Å². The fraction of sp³-hybridized carbons (Fsp3) is 0.320. The van der Waals surface area contributed by atoms with Crippen LogP contribution in [0.1, 0.15) is 43.1 Å². The molecule has 8 nitrogen and oxygen atoms in total. The van der Waals surface area contributed by atoms with Gasteiger partial charge < -0.3 is 10.2 Å². The Morgan fingerprint density at radius 2 is 1.78 bits per heavy atom. The number of pyridine rings is 2. The summed E-state index contributed by atoms with van der Waals surface area (Å²) < 4.78 is 66.4. The molecule has 1 saturated heterocycles. The molecule has 0 radical (unpaired) electrons. The molecule has 0 bridgehead atoms. The van der Waals surface area contributed by atoms with Crippen LogP contribution in [-0.4, -0.2) is 36.4 Å². The van der Waals surface area contributed by atoms with E-state index in [2.05, 4.69) is 40.8 Å². The maximum Gasteiger partial charge on any atom is 0.416 e. The minimum Gasteiger partial charge on any atom is -0.351 e. The molecule has 37 heavy (non-hydrogen) atoms. The topological polar surface area (TPSA) is 104 Å². The molecule has 1 atom stereocenters. The molecule has 1 amide bonds. The van der Waals surface area contributed by atoms with Crippen LogP contribution in [0.3, 0.4) is 0 Å². The Morgan fingerprint density at radius 1 is 1.08 bits per heavy atom. The maximum absolute atomic E-state index is 13.1. The highest BCUT2D eigenvalue weighted by atomic mass is 32.2. The fourth-order valence-corrected chi connectivity index (χ4v) is 5.09. The lowest BCUT2D eigenvalue weighted by Crippen LogP contribution is -2.43. The number of nitrogens with zero attached hydrogens (tertiary/aromatic N) is 3. The number of sulfonamides is 1. The second-order valence-electron chi connectivity index (χ2n) is 9.37. The van der Waals surface area contributed by atoms with Gasteiger partial charge >= 0.3 is 6.18 Å². The van der Waals surface area contributed by atoms with Crippen molar-refractivity contribution < 1.29 is 26.4 Å². The van der Waals surface area contributed by atoms with Crippen LogP contribution in [0, 0.1) is 5.92 Å². The molecule has 3 aromatic rings.